The second-order valence-electron chi connectivity index (χ2n) is 7.10. The molecule has 1 aromatic carbocycles. The first-order valence-corrected chi connectivity index (χ1v) is 11.6. The van der Waals surface area contributed by atoms with Gasteiger partial charge in [0.05, 0.1) is 21.9 Å². The van der Waals surface area contributed by atoms with Gasteiger partial charge in [-0.15, -0.1) is 0 Å². The first-order valence-electron chi connectivity index (χ1n) is 9.16. The van der Waals surface area contributed by atoms with Gasteiger partial charge in [0.15, 0.2) is 0 Å². The van der Waals surface area contributed by atoms with Crippen molar-refractivity contribution >= 4 is 43.2 Å². The number of sulfonamides is 1. The van der Waals surface area contributed by atoms with Crippen molar-refractivity contribution in [3.8, 4) is 0 Å². The van der Waals surface area contributed by atoms with Crippen molar-refractivity contribution < 1.29 is 13.2 Å². The van der Waals surface area contributed by atoms with Gasteiger partial charge in [-0.1, -0.05) is 11.3 Å². The number of nitrogens with zero attached hydrogens (tertiary/aromatic N) is 2. The highest BCUT2D eigenvalue weighted by Gasteiger charge is 2.31. The highest BCUT2D eigenvalue weighted by molar-refractivity contribution is 7.89. The lowest BCUT2D eigenvalue weighted by atomic mass is 9.98. The van der Waals surface area contributed by atoms with E-state index in [0.29, 0.717) is 25.1 Å². The number of hydrogen-bond donors (Lipinski definition) is 1. The van der Waals surface area contributed by atoms with Crippen LogP contribution in [0.25, 0.3) is 10.2 Å². The van der Waals surface area contributed by atoms with Gasteiger partial charge in [0.25, 0.3) is 0 Å². The van der Waals surface area contributed by atoms with Crippen molar-refractivity contribution in [2.24, 2.45) is 5.92 Å². The molecule has 0 saturated carbocycles. The maximum atomic E-state index is 12.6. The van der Waals surface area contributed by atoms with Crippen LogP contribution in [0, 0.1) is 5.92 Å². The van der Waals surface area contributed by atoms with Crippen LogP contribution in [0.2, 0.25) is 0 Å². The molecule has 1 N–H and O–H groups in total. The van der Waals surface area contributed by atoms with Crippen molar-refractivity contribution in [2.75, 3.05) is 24.2 Å². The molecule has 1 unspecified atom stereocenters. The quantitative estimate of drug-likeness (QED) is 0.819. The van der Waals surface area contributed by atoms with Gasteiger partial charge in [0.1, 0.15) is 0 Å². The second kappa shape index (κ2) is 7.73. The topological polar surface area (TPSA) is 88.5 Å². The minimum atomic E-state index is -3.28. The number of benzene rings is 1. The standard InChI is InChI=1S/C18H25N3O4S2/c1-4-27(24,25)20-9-5-6-13(11-20)17(22)19-14-7-8-15-16(10-14)26-18(23)21(15)12(2)3/h7-8,10,12-13H,4-6,9,11H2,1-3H3,(H,19,22). The van der Waals surface area contributed by atoms with Gasteiger partial charge in [-0.05, 0) is 51.8 Å². The summed E-state index contributed by atoms with van der Waals surface area (Å²) in [5.41, 5.74) is 1.48. The molecular weight excluding hydrogens is 386 g/mol. The Morgan fingerprint density at radius 2 is 2.11 bits per heavy atom. The molecule has 1 fully saturated rings. The van der Waals surface area contributed by atoms with Crippen LogP contribution in [0.5, 0.6) is 0 Å². The van der Waals surface area contributed by atoms with Gasteiger partial charge in [0, 0.05) is 24.8 Å². The SMILES string of the molecule is CCS(=O)(=O)N1CCCC(C(=O)Nc2ccc3c(c2)sc(=O)n3C(C)C)C1. The van der Waals surface area contributed by atoms with Crippen molar-refractivity contribution in [1.82, 2.24) is 8.87 Å². The van der Waals surface area contributed by atoms with Crippen molar-refractivity contribution in [3.05, 3.63) is 27.9 Å². The smallest absolute Gasteiger partial charge is 0.308 e. The maximum Gasteiger partial charge on any atom is 0.308 e. The molecule has 1 aliphatic heterocycles. The highest BCUT2D eigenvalue weighted by Crippen LogP contribution is 2.26. The van der Waals surface area contributed by atoms with Crippen LogP contribution in [0.3, 0.4) is 0 Å². The van der Waals surface area contributed by atoms with Crippen LogP contribution in [-0.2, 0) is 14.8 Å². The van der Waals surface area contributed by atoms with E-state index in [2.05, 4.69) is 5.32 Å². The molecule has 3 rings (SSSR count). The van der Waals surface area contributed by atoms with E-state index in [1.807, 2.05) is 26.0 Å². The number of carbonyl (C=O) groups excluding carboxylic acids is 1. The summed E-state index contributed by atoms with van der Waals surface area (Å²) in [6, 6.07) is 5.51. The summed E-state index contributed by atoms with van der Waals surface area (Å²) in [4.78, 5) is 24.8. The van der Waals surface area contributed by atoms with E-state index in [9.17, 15) is 18.0 Å². The molecule has 1 saturated heterocycles. The summed E-state index contributed by atoms with van der Waals surface area (Å²) in [5.74, 6) is -0.500. The number of thiazole rings is 1. The average molecular weight is 412 g/mol. The second-order valence-corrected chi connectivity index (χ2v) is 10.4. The molecule has 1 aliphatic rings. The normalized spacial score (nSPS) is 18.9. The number of aromatic nitrogens is 1. The van der Waals surface area contributed by atoms with Crippen LogP contribution < -0.4 is 10.2 Å². The summed E-state index contributed by atoms with van der Waals surface area (Å²) in [5, 5.41) is 2.89. The molecule has 0 aliphatic carbocycles. The summed E-state index contributed by atoms with van der Waals surface area (Å²) >= 11 is 1.16. The van der Waals surface area contributed by atoms with Gasteiger partial charge < -0.3 is 5.32 Å². The Kier molecular flexibility index (Phi) is 5.73. The average Bonchev–Trinajstić information content (AvgIpc) is 2.96. The lowest BCUT2D eigenvalue weighted by Crippen LogP contribution is -2.44. The minimum Gasteiger partial charge on any atom is -0.326 e. The Balaban J connectivity index is 1.77. The van der Waals surface area contributed by atoms with E-state index >= 15 is 0 Å². The zero-order chi connectivity index (χ0) is 19.8. The van der Waals surface area contributed by atoms with E-state index in [0.717, 1.165) is 21.6 Å². The molecule has 2 heterocycles. The van der Waals surface area contributed by atoms with E-state index in [4.69, 9.17) is 0 Å². The molecule has 7 nitrogen and oxygen atoms in total. The molecule has 1 atom stereocenters. The Morgan fingerprint density at radius 1 is 1.37 bits per heavy atom. The molecule has 27 heavy (non-hydrogen) atoms. The Morgan fingerprint density at radius 3 is 2.78 bits per heavy atom. The molecule has 0 radical (unpaired) electrons. The fraction of sp³-hybridized carbons (Fsp3) is 0.556. The summed E-state index contributed by atoms with van der Waals surface area (Å²) in [6.45, 7) is 6.23. The number of carbonyl (C=O) groups is 1. The number of fused-ring (bicyclic) bond motifs is 1. The fourth-order valence-corrected chi connectivity index (χ4v) is 5.67. The maximum absolute atomic E-state index is 12.6. The van der Waals surface area contributed by atoms with Gasteiger partial charge in [-0.3, -0.25) is 14.2 Å². The van der Waals surface area contributed by atoms with Crippen molar-refractivity contribution in [2.45, 2.75) is 39.7 Å². The van der Waals surface area contributed by atoms with Gasteiger partial charge in [-0.2, -0.15) is 0 Å². The molecule has 2 aromatic rings. The van der Waals surface area contributed by atoms with Crippen molar-refractivity contribution in [3.63, 3.8) is 0 Å². The van der Waals surface area contributed by atoms with Gasteiger partial charge in [-0.25, -0.2) is 12.7 Å². The lowest BCUT2D eigenvalue weighted by Gasteiger charge is -2.30. The molecule has 0 bridgehead atoms. The summed E-state index contributed by atoms with van der Waals surface area (Å²) in [7, 11) is -3.28. The van der Waals surface area contributed by atoms with E-state index in [1.54, 1.807) is 17.6 Å². The van der Waals surface area contributed by atoms with Crippen molar-refractivity contribution in [1.29, 1.82) is 0 Å². The predicted molar refractivity (Wildman–Crippen MR) is 109 cm³/mol. The van der Waals surface area contributed by atoms with Gasteiger partial charge >= 0.3 is 4.87 Å². The van der Waals surface area contributed by atoms with E-state index in [-0.39, 0.29) is 35.0 Å². The zero-order valence-corrected chi connectivity index (χ0v) is 17.4. The van der Waals surface area contributed by atoms with Crippen LogP contribution in [0.15, 0.2) is 23.0 Å². The van der Waals surface area contributed by atoms with Crippen LogP contribution >= 0.6 is 11.3 Å². The number of rotatable bonds is 5. The third-order valence-corrected chi connectivity index (χ3v) is 7.68. The lowest BCUT2D eigenvalue weighted by molar-refractivity contribution is -0.120. The number of anilines is 1. The molecule has 1 aromatic heterocycles. The third-order valence-electron chi connectivity index (χ3n) is 4.91. The highest BCUT2D eigenvalue weighted by atomic mass is 32.2. The summed E-state index contributed by atoms with van der Waals surface area (Å²) in [6.07, 6.45) is 1.34. The Labute approximate surface area is 163 Å². The first kappa shape index (κ1) is 20.0. The number of amides is 1. The van der Waals surface area contributed by atoms with E-state index in [1.165, 1.54) is 4.31 Å². The minimum absolute atomic E-state index is 0.0174. The third kappa shape index (κ3) is 4.09. The van der Waals surface area contributed by atoms with Gasteiger partial charge in [0.2, 0.25) is 15.9 Å². The predicted octanol–water partition coefficient (Wildman–Crippen LogP) is 2.64. The molecule has 0 spiro atoms. The Hall–Kier alpha value is -1.71. The van der Waals surface area contributed by atoms with Crippen LogP contribution in [-0.4, -0.2) is 42.0 Å². The molecule has 9 heteroatoms. The molecule has 1 amide bonds. The molecular formula is C18H25N3O4S2. The monoisotopic (exact) mass is 411 g/mol. The number of nitrogens with one attached hydrogen (secondary N) is 1. The van der Waals surface area contributed by atoms with E-state index < -0.39 is 10.0 Å². The largest absolute Gasteiger partial charge is 0.326 e. The first-order chi connectivity index (χ1) is 12.7. The molecule has 148 valence electrons. The van der Waals surface area contributed by atoms with Crippen LogP contribution in [0.4, 0.5) is 5.69 Å². The number of hydrogen-bond acceptors (Lipinski definition) is 5. The van der Waals surface area contributed by atoms with Crippen LogP contribution in [0.1, 0.15) is 39.7 Å². The number of piperidine rings is 1. The Bertz CT molecular complexity index is 1010. The zero-order valence-electron chi connectivity index (χ0n) is 15.8. The fourth-order valence-electron chi connectivity index (χ4n) is 3.44. The summed E-state index contributed by atoms with van der Waals surface area (Å²) < 4.78 is 28.1.